The number of hydrogen-bond donors (Lipinski definition) is 1. The molecular weight excluding hydrogens is 252 g/mol. The normalized spacial score (nSPS) is 12.2. The molecule has 1 rings (SSSR count). The zero-order valence-corrected chi connectivity index (χ0v) is 11.9. The van der Waals surface area contributed by atoms with Crippen LogP contribution in [0.1, 0.15) is 53.8 Å². The molecule has 6 heteroatoms. The van der Waals surface area contributed by atoms with Crippen LogP contribution in [0, 0.1) is 0 Å². The molecule has 0 fully saturated rings. The van der Waals surface area contributed by atoms with Gasteiger partial charge in [-0.05, 0) is 13.3 Å². The number of aromatic nitrogens is 1. The molecule has 1 atom stereocenters. The van der Waals surface area contributed by atoms with Crippen LogP contribution < -0.4 is 4.90 Å². The molecule has 1 aromatic rings. The van der Waals surface area contributed by atoms with Crippen LogP contribution in [0.2, 0.25) is 0 Å². The minimum Gasteiger partial charge on any atom is -0.476 e. The number of carbonyl (C=O) groups excluding carboxylic acids is 1. The van der Waals surface area contributed by atoms with Crippen molar-refractivity contribution in [3.63, 3.8) is 0 Å². The molecule has 0 aliphatic rings. The van der Waals surface area contributed by atoms with Gasteiger partial charge in [0.25, 0.3) is 0 Å². The Morgan fingerprint density at radius 2 is 2.11 bits per heavy atom. The predicted molar refractivity (Wildman–Crippen MR) is 71.9 cm³/mol. The summed E-state index contributed by atoms with van der Waals surface area (Å²) in [6, 6.07) is 0.266. The Kier molecular flexibility index (Phi) is 4.84. The van der Waals surface area contributed by atoms with Crippen LogP contribution in [0.3, 0.4) is 0 Å². The Morgan fingerprint density at radius 3 is 2.50 bits per heavy atom. The highest BCUT2D eigenvalue weighted by Crippen LogP contribution is 2.28. The second-order valence-corrected chi connectivity index (χ2v) is 5.26. The van der Waals surface area contributed by atoms with Crippen molar-refractivity contribution in [2.75, 3.05) is 11.9 Å². The van der Waals surface area contributed by atoms with E-state index in [-0.39, 0.29) is 22.4 Å². The number of carboxylic acid groups (broad SMARTS) is 1. The SMILES string of the molecule is CCCC(C)N(C)c1nc(C(=O)O)c(C(C)=O)s1. The van der Waals surface area contributed by atoms with Gasteiger partial charge in [-0.3, -0.25) is 4.79 Å². The Hall–Kier alpha value is -1.43. The summed E-state index contributed by atoms with van der Waals surface area (Å²) in [5, 5.41) is 9.61. The van der Waals surface area contributed by atoms with Crippen LogP contribution in [0.5, 0.6) is 0 Å². The van der Waals surface area contributed by atoms with E-state index < -0.39 is 5.97 Å². The van der Waals surface area contributed by atoms with E-state index in [1.54, 1.807) is 0 Å². The average Bonchev–Trinajstić information content (AvgIpc) is 2.73. The molecule has 5 nitrogen and oxygen atoms in total. The molecule has 0 amide bonds. The summed E-state index contributed by atoms with van der Waals surface area (Å²) in [6.45, 7) is 5.51. The van der Waals surface area contributed by atoms with Crippen molar-refractivity contribution in [2.24, 2.45) is 0 Å². The molecule has 0 aliphatic heterocycles. The topological polar surface area (TPSA) is 70.5 Å². The lowest BCUT2D eigenvalue weighted by Gasteiger charge is -2.23. The molecule has 0 aromatic carbocycles. The van der Waals surface area contributed by atoms with Crippen LogP contribution in [-0.4, -0.2) is 34.9 Å². The second kappa shape index (κ2) is 5.95. The van der Waals surface area contributed by atoms with Gasteiger partial charge in [0.1, 0.15) is 4.88 Å². The van der Waals surface area contributed by atoms with E-state index in [0.717, 1.165) is 24.2 Å². The fourth-order valence-electron chi connectivity index (χ4n) is 1.64. The van der Waals surface area contributed by atoms with Crippen molar-refractivity contribution in [1.82, 2.24) is 4.98 Å². The second-order valence-electron chi connectivity index (χ2n) is 4.28. The fraction of sp³-hybridized carbons (Fsp3) is 0.583. The van der Waals surface area contributed by atoms with E-state index in [1.807, 2.05) is 11.9 Å². The van der Waals surface area contributed by atoms with Gasteiger partial charge in [0.05, 0.1) is 0 Å². The molecule has 0 saturated carbocycles. The maximum Gasteiger partial charge on any atom is 0.356 e. The van der Waals surface area contributed by atoms with Crippen LogP contribution in [0.25, 0.3) is 0 Å². The van der Waals surface area contributed by atoms with Crippen LogP contribution in [0.15, 0.2) is 0 Å². The maximum atomic E-state index is 11.4. The van der Waals surface area contributed by atoms with Gasteiger partial charge in [-0.15, -0.1) is 0 Å². The number of anilines is 1. The molecular formula is C12H18N2O3S. The zero-order valence-electron chi connectivity index (χ0n) is 11.1. The van der Waals surface area contributed by atoms with Crippen LogP contribution >= 0.6 is 11.3 Å². The summed E-state index contributed by atoms with van der Waals surface area (Å²) in [4.78, 5) is 28.6. The summed E-state index contributed by atoms with van der Waals surface area (Å²) in [7, 11) is 1.87. The third kappa shape index (κ3) is 3.07. The third-order valence-electron chi connectivity index (χ3n) is 2.81. The first-order valence-corrected chi connectivity index (χ1v) is 6.68. The lowest BCUT2D eigenvalue weighted by Crippen LogP contribution is -2.28. The molecule has 0 bridgehead atoms. The number of hydrogen-bond acceptors (Lipinski definition) is 5. The van der Waals surface area contributed by atoms with Gasteiger partial charge in [0.2, 0.25) is 0 Å². The van der Waals surface area contributed by atoms with Gasteiger partial charge in [-0.2, -0.15) is 0 Å². The first kappa shape index (κ1) is 14.6. The van der Waals surface area contributed by atoms with Crippen molar-refractivity contribution in [3.8, 4) is 0 Å². The predicted octanol–water partition coefficient (Wildman–Crippen LogP) is 2.67. The summed E-state index contributed by atoms with van der Waals surface area (Å²) < 4.78 is 0. The summed E-state index contributed by atoms with van der Waals surface area (Å²) in [5.74, 6) is -1.41. The molecule has 100 valence electrons. The van der Waals surface area contributed by atoms with Crippen molar-refractivity contribution in [2.45, 2.75) is 39.7 Å². The van der Waals surface area contributed by atoms with Gasteiger partial charge in [-0.1, -0.05) is 24.7 Å². The molecule has 0 saturated heterocycles. The van der Waals surface area contributed by atoms with E-state index in [1.165, 1.54) is 6.92 Å². The molecule has 18 heavy (non-hydrogen) atoms. The molecule has 0 spiro atoms. The number of Topliss-reactive ketones (excluding diaryl/α,β-unsaturated/α-hetero) is 1. The Labute approximate surface area is 110 Å². The number of carbonyl (C=O) groups is 2. The van der Waals surface area contributed by atoms with E-state index in [0.29, 0.717) is 5.13 Å². The lowest BCUT2D eigenvalue weighted by molar-refractivity contribution is 0.0687. The van der Waals surface area contributed by atoms with Gasteiger partial charge in [0.15, 0.2) is 16.6 Å². The zero-order chi connectivity index (χ0) is 13.9. The quantitative estimate of drug-likeness (QED) is 0.805. The Balaban J connectivity index is 3.08. The summed E-state index contributed by atoms with van der Waals surface area (Å²) in [6.07, 6.45) is 2.04. The first-order chi connectivity index (χ1) is 8.38. The van der Waals surface area contributed by atoms with Gasteiger partial charge >= 0.3 is 5.97 Å². The minimum atomic E-state index is -1.15. The minimum absolute atomic E-state index is 0.141. The van der Waals surface area contributed by atoms with Crippen LogP contribution in [-0.2, 0) is 0 Å². The van der Waals surface area contributed by atoms with E-state index in [4.69, 9.17) is 5.11 Å². The van der Waals surface area contributed by atoms with Crippen molar-refractivity contribution >= 4 is 28.2 Å². The van der Waals surface area contributed by atoms with Crippen molar-refractivity contribution in [3.05, 3.63) is 10.6 Å². The van der Waals surface area contributed by atoms with Crippen molar-refractivity contribution in [1.29, 1.82) is 0 Å². The average molecular weight is 270 g/mol. The number of thiazole rings is 1. The lowest BCUT2D eigenvalue weighted by atomic mass is 10.2. The van der Waals surface area contributed by atoms with E-state index in [2.05, 4.69) is 18.8 Å². The number of aromatic carboxylic acids is 1. The Morgan fingerprint density at radius 1 is 1.50 bits per heavy atom. The summed E-state index contributed by atoms with van der Waals surface area (Å²) in [5.41, 5.74) is -0.141. The third-order valence-corrected chi connectivity index (χ3v) is 4.05. The molecule has 1 N–H and O–H groups in total. The van der Waals surface area contributed by atoms with Gasteiger partial charge in [0, 0.05) is 20.0 Å². The largest absolute Gasteiger partial charge is 0.476 e. The highest BCUT2D eigenvalue weighted by Gasteiger charge is 2.23. The number of carboxylic acids is 1. The number of rotatable bonds is 6. The number of nitrogens with zero attached hydrogens (tertiary/aromatic N) is 2. The Bertz CT molecular complexity index is 425. The molecule has 1 unspecified atom stereocenters. The molecule has 1 heterocycles. The highest BCUT2D eigenvalue weighted by molar-refractivity contribution is 7.17. The fourth-order valence-corrected chi connectivity index (χ4v) is 2.66. The molecule has 0 radical (unpaired) electrons. The van der Waals surface area contributed by atoms with Crippen molar-refractivity contribution < 1.29 is 14.7 Å². The maximum absolute atomic E-state index is 11.4. The monoisotopic (exact) mass is 270 g/mol. The molecule has 0 aliphatic carbocycles. The number of ketones is 1. The van der Waals surface area contributed by atoms with E-state index in [9.17, 15) is 9.59 Å². The highest BCUT2D eigenvalue weighted by atomic mass is 32.1. The van der Waals surface area contributed by atoms with E-state index >= 15 is 0 Å². The summed E-state index contributed by atoms with van der Waals surface area (Å²) >= 11 is 1.14. The van der Waals surface area contributed by atoms with Gasteiger partial charge in [-0.25, -0.2) is 9.78 Å². The molecule has 1 aromatic heterocycles. The standard InChI is InChI=1S/C12H18N2O3S/c1-5-6-7(2)14(4)12-13-9(11(16)17)10(18-12)8(3)15/h7H,5-6H2,1-4H3,(H,16,17). The van der Waals surface area contributed by atoms with Crippen LogP contribution in [0.4, 0.5) is 5.13 Å². The first-order valence-electron chi connectivity index (χ1n) is 5.86. The van der Waals surface area contributed by atoms with Gasteiger partial charge < -0.3 is 10.0 Å². The smallest absolute Gasteiger partial charge is 0.356 e.